The highest BCUT2D eigenvalue weighted by Gasteiger charge is 2.27. The lowest BCUT2D eigenvalue weighted by Crippen LogP contribution is -2.38. The molecule has 1 aliphatic rings. The molecule has 2 N–H and O–H groups in total. The van der Waals surface area contributed by atoms with Gasteiger partial charge < -0.3 is 14.9 Å². The number of carboxylic acid groups (broad SMARTS) is 1. The van der Waals surface area contributed by atoms with Gasteiger partial charge in [0.2, 0.25) is 0 Å². The van der Waals surface area contributed by atoms with Crippen molar-refractivity contribution < 1.29 is 19.2 Å². The summed E-state index contributed by atoms with van der Waals surface area (Å²) in [5.41, 5.74) is 1.02. The second-order valence-corrected chi connectivity index (χ2v) is 5.67. The number of hydrogen-bond donors (Lipinski definition) is 2. The largest absolute Gasteiger partial charge is 0.481 e. The molecule has 7 heteroatoms. The molecule has 1 fully saturated rings. The summed E-state index contributed by atoms with van der Waals surface area (Å²) in [5, 5.41) is 15.7. The maximum absolute atomic E-state index is 12.2. The van der Waals surface area contributed by atoms with Crippen molar-refractivity contribution in [3.8, 4) is 11.3 Å². The SMILES string of the molecule is O=C(NC1CCC(C(=O)O)CC1)c1cc(-c2ccncc2)on1. The lowest BCUT2D eigenvalue weighted by atomic mass is 9.86. The van der Waals surface area contributed by atoms with Crippen LogP contribution in [-0.2, 0) is 4.79 Å². The number of nitrogens with zero attached hydrogens (tertiary/aromatic N) is 2. The molecule has 0 spiro atoms. The Morgan fingerprint density at radius 3 is 2.52 bits per heavy atom. The minimum absolute atomic E-state index is 0.0147. The predicted octanol–water partition coefficient (Wildman–Crippen LogP) is 2.11. The summed E-state index contributed by atoms with van der Waals surface area (Å²) < 4.78 is 5.19. The van der Waals surface area contributed by atoms with Crippen LogP contribution in [0.5, 0.6) is 0 Å². The lowest BCUT2D eigenvalue weighted by Gasteiger charge is -2.26. The van der Waals surface area contributed by atoms with Crippen LogP contribution in [-0.4, -0.2) is 33.2 Å². The van der Waals surface area contributed by atoms with Crippen LogP contribution in [0.1, 0.15) is 36.2 Å². The van der Waals surface area contributed by atoms with Gasteiger partial charge in [0.1, 0.15) is 0 Å². The number of carboxylic acids is 1. The number of amides is 1. The van der Waals surface area contributed by atoms with Gasteiger partial charge in [-0.1, -0.05) is 5.16 Å². The first-order valence-corrected chi connectivity index (χ1v) is 7.54. The van der Waals surface area contributed by atoms with Gasteiger partial charge >= 0.3 is 5.97 Å². The lowest BCUT2D eigenvalue weighted by molar-refractivity contribution is -0.142. The molecule has 1 amide bonds. The van der Waals surface area contributed by atoms with Crippen LogP contribution in [0.3, 0.4) is 0 Å². The molecule has 0 unspecified atom stereocenters. The van der Waals surface area contributed by atoms with Crippen LogP contribution in [0.15, 0.2) is 35.1 Å². The molecule has 120 valence electrons. The summed E-state index contributed by atoms with van der Waals surface area (Å²) in [7, 11) is 0. The van der Waals surface area contributed by atoms with Crippen LogP contribution in [0, 0.1) is 5.92 Å². The number of pyridine rings is 1. The van der Waals surface area contributed by atoms with E-state index in [2.05, 4.69) is 15.5 Å². The van der Waals surface area contributed by atoms with E-state index in [1.54, 1.807) is 30.6 Å². The van der Waals surface area contributed by atoms with E-state index in [0.29, 0.717) is 31.4 Å². The van der Waals surface area contributed by atoms with Crippen LogP contribution >= 0.6 is 0 Å². The van der Waals surface area contributed by atoms with E-state index < -0.39 is 5.97 Å². The van der Waals surface area contributed by atoms with Gasteiger partial charge in [-0.25, -0.2) is 0 Å². The van der Waals surface area contributed by atoms with Gasteiger partial charge in [-0.05, 0) is 37.8 Å². The molecule has 0 atom stereocenters. The number of aliphatic carboxylic acids is 1. The van der Waals surface area contributed by atoms with Gasteiger partial charge in [-0.2, -0.15) is 0 Å². The fraction of sp³-hybridized carbons (Fsp3) is 0.375. The molecule has 23 heavy (non-hydrogen) atoms. The first-order valence-electron chi connectivity index (χ1n) is 7.54. The van der Waals surface area contributed by atoms with E-state index >= 15 is 0 Å². The molecular formula is C16H17N3O4. The van der Waals surface area contributed by atoms with Crippen molar-refractivity contribution in [2.75, 3.05) is 0 Å². The van der Waals surface area contributed by atoms with Gasteiger partial charge in [0.25, 0.3) is 5.91 Å². The van der Waals surface area contributed by atoms with E-state index in [1.165, 1.54) is 0 Å². The summed E-state index contributed by atoms with van der Waals surface area (Å²) in [5.74, 6) is -0.846. The highest BCUT2D eigenvalue weighted by atomic mass is 16.5. The zero-order valence-corrected chi connectivity index (χ0v) is 12.4. The summed E-state index contributed by atoms with van der Waals surface area (Å²) in [6, 6.07) is 5.12. The van der Waals surface area contributed by atoms with Crippen molar-refractivity contribution in [1.29, 1.82) is 0 Å². The second kappa shape index (κ2) is 6.60. The molecule has 7 nitrogen and oxygen atoms in total. The molecule has 1 saturated carbocycles. The fourth-order valence-electron chi connectivity index (χ4n) is 2.78. The van der Waals surface area contributed by atoms with Crippen molar-refractivity contribution in [2.45, 2.75) is 31.7 Å². The smallest absolute Gasteiger partial charge is 0.306 e. The quantitative estimate of drug-likeness (QED) is 0.895. The van der Waals surface area contributed by atoms with E-state index in [0.717, 1.165) is 5.56 Å². The third-order valence-corrected chi connectivity index (χ3v) is 4.12. The zero-order chi connectivity index (χ0) is 16.2. The van der Waals surface area contributed by atoms with E-state index in [-0.39, 0.29) is 23.6 Å². The molecule has 3 rings (SSSR count). The molecule has 2 aromatic rings. The molecule has 0 saturated heterocycles. The molecule has 0 radical (unpaired) electrons. The number of carbonyl (C=O) groups is 2. The van der Waals surface area contributed by atoms with Crippen molar-refractivity contribution in [1.82, 2.24) is 15.5 Å². The molecular weight excluding hydrogens is 298 g/mol. The summed E-state index contributed by atoms with van der Waals surface area (Å²) >= 11 is 0. The molecule has 0 aliphatic heterocycles. The first kappa shape index (κ1) is 15.2. The maximum Gasteiger partial charge on any atom is 0.306 e. The predicted molar refractivity (Wildman–Crippen MR) is 80.6 cm³/mol. The van der Waals surface area contributed by atoms with E-state index in [1.807, 2.05) is 0 Å². The topological polar surface area (TPSA) is 105 Å². The van der Waals surface area contributed by atoms with Crippen LogP contribution in [0.4, 0.5) is 0 Å². The average molecular weight is 315 g/mol. The molecule has 2 heterocycles. The van der Waals surface area contributed by atoms with Crippen LogP contribution < -0.4 is 5.32 Å². The third kappa shape index (κ3) is 3.56. The number of nitrogens with one attached hydrogen (secondary N) is 1. The standard InChI is InChI=1S/C16H17N3O4/c20-15(18-12-3-1-11(2-4-12)16(21)22)13-9-14(23-19-13)10-5-7-17-8-6-10/h5-9,11-12H,1-4H2,(H,18,20)(H,21,22). The van der Waals surface area contributed by atoms with E-state index in [9.17, 15) is 9.59 Å². The summed E-state index contributed by atoms with van der Waals surface area (Å²) in [4.78, 5) is 27.1. The Labute approximate surface area is 132 Å². The Balaban J connectivity index is 1.59. The van der Waals surface area contributed by atoms with Crippen LogP contribution in [0.2, 0.25) is 0 Å². The Morgan fingerprint density at radius 1 is 1.17 bits per heavy atom. The molecule has 1 aliphatic carbocycles. The monoisotopic (exact) mass is 315 g/mol. The number of aromatic nitrogens is 2. The summed E-state index contributed by atoms with van der Waals surface area (Å²) in [6.45, 7) is 0. The zero-order valence-electron chi connectivity index (χ0n) is 12.4. The van der Waals surface area contributed by atoms with Gasteiger partial charge in [0.05, 0.1) is 5.92 Å². The Kier molecular flexibility index (Phi) is 4.36. The highest BCUT2D eigenvalue weighted by molar-refractivity contribution is 5.93. The first-order chi connectivity index (χ1) is 11.1. The van der Waals surface area contributed by atoms with Crippen molar-refractivity contribution in [2.24, 2.45) is 5.92 Å². The number of hydrogen-bond acceptors (Lipinski definition) is 5. The molecule has 0 bridgehead atoms. The minimum Gasteiger partial charge on any atom is -0.481 e. The second-order valence-electron chi connectivity index (χ2n) is 5.67. The number of rotatable bonds is 4. The fourth-order valence-corrected chi connectivity index (χ4v) is 2.78. The Bertz CT molecular complexity index is 690. The van der Waals surface area contributed by atoms with Gasteiger partial charge in [-0.3, -0.25) is 14.6 Å². The van der Waals surface area contributed by atoms with Crippen molar-refractivity contribution in [3.05, 3.63) is 36.3 Å². The van der Waals surface area contributed by atoms with E-state index in [4.69, 9.17) is 9.63 Å². The van der Waals surface area contributed by atoms with Crippen molar-refractivity contribution in [3.63, 3.8) is 0 Å². The minimum atomic E-state index is -0.756. The highest BCUT2D eigenvalue weighted by Crippen LogP contribution is 2.25. The summed E-state index contributed by atoms with van der Waals surface area (Å²) in [6.07, 6.45) is 5.77. The average Bonchev–Trinajstić information content (AvgIpc) is 3.06. The normalized spacial score (nSPS) is 20.9. The maximum atomic E-state index is 12.2. The van der Waals surface area contributed by atoms with Crippen LogP contribution in [0.25, 0.3) is 11.3 Å². The number of carbonyl (C=O) groups excluding carboxylic acids is 1. The third-order valence-electron chi connectivity index (χ3n) is 4.12. The van der Waals surface area contributed by atoms with Gasteiger partial charge in [0, 0.05) is 30.1 Å². The Morgan fingerprint density at radius 2 is 1.87 bits per heavy atom. The molecule has 2 aromatic heterocycles. The Hall–Kier alpha value is -2.70. The van der Waals surface area contributed by atoms with Gasteiger partial charge in [-0.15, -0.1) is 0 Å². The molecule has 0 aromatic carbocycles. The van der Waals surface area contributed by atoms with Gasteiger partial charge in [0.15, 0.2) is 11.5 Å². The van der Waals surface area contributed by atoms with Crippen molar-refractivity contribution >= 4 is 11.9 Å².